The van der Waals surface area contributed by atoms with Crippen LogP contribution in [0.5, 0.6) is 0 Å². The van der Waals surface area contributed by atoms with E-state index in [0.29, 0.717) is 17.3 Å². The smallest absolute Gasteiger partial charge is 0.332 e. The third kappa shape index (κ3) is 2.93. The Labute approximate surface area is 164 Å². The first-order valence-electron chi connectivity index (χ1n) is 9.72. The second kappa shape index (κ2) is 6.62. The number of rotatable bonds is 5. The topological polar surface area (TPSA) is 62.6 Å². The summed E-state index contributed by atoms with van der Waals surface area (Å²) in [4.78, 5) is 41.1. The summed E-state index contributed by atoms with van der Waals surface area (Å²) in [7, 11) is 0. The van der Waals surface area contributed by atoms with E-state index in [1.54, 1.807) is 6.92 Å². The van der Waals surface area contributed by atoms with Crippen molar-refractivity contribution in [2.75, 3.05) is 11.4 Å². The molecule has 2 heterocycles. The molecule has 28 heavy (non-hydrogen) atoms. The minimum atomic E-state index is -0.623. The Balaban J connectivity index is 1.57. The van der Waals surface area contributed by atoms with Crippen molar-refractivity contribution in [2.45, 2.75) is 52.6 Å². The highest BCUT2D eigenvalue weighted by Crippen LogP contribution is 2.38. The van der Waals surface area contributed by atoms with Gasteiger partial charge in [0, 0.05) is 28.7 Å². The van der Waals surface area contributed by atoms with Crippen LogP contribution in [0.1, 0.15) is 53.1 Å². The monoisotopic (exact) mass is 379 g/mol. The van der Waals surface area contributed by atoms with Crippen molar-refractivity contribution < 1.29 is 14.4 Å². The molecule has 2 aromatic rings. The molecule has 3 amide bonds. The van der Waals surface area contributed by atoms with Gasteiger partial charge in [0.2, 0.25) is 0 Å². The minimum absolute atomic E-state index is 0.195. The highest BCUT2D eigenvalue weighted by molar-refractivity contribution is 6.16. The lowest BCUT2D eigenvalue weighted by Gasteiger charge is -2.19. The summed E-state index contributed by atoms with van der Waals surface area (Å²) in [6.07, 6.45) is 2.27. The largest absolute Gasteiger partial charge is 0.345 e. The summed E-state index contributed by atoms with van der Waals surface area (Å²) >= 11 is 0. The summed E-state index contributed by atoms with van der Waals surface area (Å²) in [5.74, 6) is -0.533. The molecular formula is C22H25N3O3. The standard InChI is InChI=1S/C22H25N3O3/c1-13-5-7-18(8-6-13)25-16(4)21(27)23(22(25)28)12-20(26)19-11-14(2)24(15(19)3)17-9-10-17/h5-8,11,16-17H,9-10,12H2,1-4H3. The molecular weight excluding hydrogens is 354 g/mol. The second-order valence-electron chi connectivity index (χ2n) is 7.90. The van der Waals surface area contributed by atoms with E-state index in [9.17, 15) is 14.4 Å². The highest BCUT2D eigenvalue weighted by Gasteiger charge is 2.44. The van der Waals surface area contributed by atoms with Crippen LogP contribution in [0.15, 0.2) is 30.3 Å². The molecule has 0 N–H and O–H groups in total. The molecule has 1 aliphatic heterocycles. The third-order valence-electron chi connectivity index (χ3n) is 5.76. The molecule has 1 saturated carbocycles. The normalized spacial score (nSPS) is 19.6. The molecule has 4 rings (SSSR count). The van der Waals surface area contributed by atoms with Crippen LogP contribution in [-0.2, 0) is 4.79 Å². The molecule has 6 nitrogen and oxygen atoms in total. The molecule has 0 radical (unpaired) electrons. The van der Waals surface area contributed by atoms with E-state index < -0.39 is 12.1 Å². The molecule has 1 unspecified atom stereocenters. The number of carbonyl (C=O) groups excluding carboxylic acids is 3. The number of nitrogens with zero attached hydrogens (tertiary/aromatic N) is 3. The first-order chi connectivity index (χ1) is 13.3. The molecule has 2 aliphatic rings. The van der Waals surface area contributed by atoms with Gasteiger partial charge in [-0.1, -0.05) is 17.7 Å². The van der Waals surface area contributed by atoms with Crippen molar-refractivity contribution in [1.29, 1.82) is 0 Å². The van der Waals surface area contributed by atoms with Gasteiger partial charge in [0.05, 0.1) is 6.54 Å². The number of Topliss-reactive ketones (excluding diaryl/α,β-unsaturated/α-hetero) is 1. The molecule has 2 fully saturated rings. The molecule has 0 bridgehead atoms. The van der Waals surface area contributed by atoms with Gasteiger partial charge in [-0.15, -0.1) is 0 Å². The highest BCUT2D eigenvalue weighted by atomic mass is 16.2. The number of benzene rings is 1. The molecule has 1 aromatic carbocycles. The van der Waals surface area contributed by atoms with Crippen LogP contribution in [0.4, 0.5) is 10.5 Å². The van der Waals surface area contributed by atoms with Crippen molar-refractivity contribution in [1.82, 2.24) is 9.47 Å². The third-order valence-corrected chi connectivity index (χ3v) is 5.76. The van der Waals surface area contributed by atoms with Crippen molar-refractivity contribution >= 4 is 23.4 Å². The Morgan fingerprint density at radius 1 is 1.07 bits per heavy atom. The Hall–Kier alpha value is -2.89. The molecule has 6 heteroatoms. The predicted molar refractivity (Wildman–Crippen MR) is 107 cm³/mol. The lowest BCUT2D eigenvalue weighted by Crippen LogP contribution is -2.37. The van der Waals surface area contributed by atoms with Crippen molar-refractivity contribution in [3.63, 3.8) is 0 Å². The lowest BCUT2D eigenvalue weighted by atomic mass is 10.1. The van der Waals surface area contributed by atoms with Gasteiger partial charge >= 0.3 is 6.03 Å². The zero-order valence-electron chi connectivity index (χ0n) is 16.7. The summed E-state index contributed by atoms with van der Waals surface area (Å²) in [6, 6.07) is 8.75. The van der Waals surface area contributed by atoms with E-state index >= 15 is 0 Å². The van der Waals surface area contributed by atoms with E-state index in [2.05, 4.69) is 4.57 Å². The number of urea groups is 1. The van der Waals surface area contributed by atoms with Crippen LogP contribution in [0, 0.1) is 20.8 Å². The van der Waals surface area contributed by atoms with Gasteiger partial charge in [-0.05, 0) is 58.7 Å². The van der Waals surface area contributed by atoms with Gasteiger partial charge < -0.3 is 4.57 Å². The number of anilines is 1. The minimum Gasteiger partial charge on any atom is -0.345 e. The summed E-state index contributed by atoms with van der Waals surface area (Å²) in [6.45, 7) is 7.37. The molecule has 0 spiro atoms. The Kier molecular flexibility index (Phi) is 4.37. The molecule has 1 atom stereocenters. The van der Waals surface area contributed by atoms with Crippen LogP contribution in [0.2, 0.25) is 0 Å². The number of carbonyl (C=O) groups is 3. The summed E-state index contributed by atoms with van der Waals surface area (Å²) in [5, 5.41) is 0. The first-order valence-corrected chi connectivity index (χ1v) is 9.72. The fourth-order valence-corrected chi connectivity index (χ4v) is 4.09. The maximum absolute atomic E-state index is 12.9. The first kappa shape index (κ1) is 18.5. The van der Waals surface area contributed by atoms with E-state index in [-0.39, 0.29) is 18.2 Å². The summed E-state index contributed by atoms with van der Waals surface area (Å²) < 4.78 is 2.20. The average molecular weight is 379 g/mol. The predicted octanol–water partition coefficient (Wildman–Crippen LogP) is 3.79. The van der Waals surface area contributed by atoms with Crippen LogP contribution >= 0.6 is 0 Å². The van der Waals surface area contributed by atoms with Crippen molar-refractivity contribution in [3.8, 4) is 0 Å². The Morgan fingerprint density at radius 2 is 1.71 bits per heavy atom. The molecule has 1 aliphatic carbocycles. The van der Waals surface area contributed by atoms with E-state index in [1.165, 1.54) is 4.90 Å². The van der Waals surface area contributed by atoms with Gasteiger partial charge in [-0.25, -0.2) is 4.79 Å². The number of imide groups is 1. The SMILES string of the molecule is Cc1ccc(N2C(=O)N(CC(=O)c3cc(C)n(C4CC4)c3C)C(=O)C2C)cc1. The van der Waals surface area contributed by atoms with Crippen LogP contribution in [-0.4, -0.2) is 39.8 Å². The van der Waals surface area contributed by atoms with E-state index in [0.717, 1.165) is 34.7 Å². The van der Waals surface area contributed by atoms with E-state index in [4.69, 9.17) is 0 Å². The van der Waals surface area contributed by atoms with Crippen LogP contribution < -0.4 is 4.90 Å². The maximum atomic E-state index is 12.9. The molecule has 146 valence electrons. The fourth-order valence-electron chi connectivity index (χ4n) is 4.09. The molecule has 1 aromatic heterocycles. The van der Waals surface area contributed by atoms with Crippen molar-refractivity contribution in [3.05, 3.63) is 52.8 Å². The number of ketones is 1. The number of aromatic nitrogens is 1. The number of aryl methyl sites for hydroxylation is 2. The number of amides is 3. The maximum Gasteiger partial charge on any atom is 0.332 e. The zero-order chi connectivity index (χ0) is 20.2. The lowest BCUT2D eigenvalue weighted by molar-refractivity contribution is -0.126. The van der Waals surface area contributed by atoms with Gasteiger partial charge in [0.15, 0.2) is 5.78 Å². The summed E-state index contributed by atoms with van der Waals surface area (Å²) in [5.41, 5.74) is 4.32. The van der Waals surface area contributed by atoms with E-state index in [1.807, 2.05) is 51.1 Å². The van der Waals surface area contributed by atoms with Crippen molar-refractivity contribution in [2.24, 2.45) is 0 Å². The van der Waals surface area contributed by atoms with Crippen LogP contribution in [0.25, 0.3) is 0 Å². The quantitative estimate of drug-likeness (QED) is 0.587. The van der Waals surface area contributed by atoms with Gasteiger partial charge in [0.1, 0.15) is 6.04 Å². The van der Waals surface area contributed by atoms with Crippen LogP contribution in [0.3, 0.4) is 0 Å². The average Bonchev–Trinajstić information content (AvgIpc) is 3.41. The van der Waals surface area contributed by atoms with Gasteiger partial charge in [0.25, 0.3) is 5.91 Å². The second-order valence-corrected chi connectivity index (χ2v) is 7.90. The fraction of sp³-hybridized carbons (Fsp3) is 0.409. The zero-order valence-corrected chi connectivity index (χ0v) is 16.7. The van der Waals surface area contributed by atoms with Gasteiger partial charge in [-0.2, -0.15) is 0 Å². The number of hydrogen-bond donors (Lipinski definition) is 0. The van der Waals surface area contributed by atoms with Gasteiger partial charge in [-0.3, -0.25) is 19.4 Å². The number of hydrogen-bond acceptors (Lipinski definition) is 3. The molecule has 1 saturated heterocycles. The Morgan fingerprint density at radius 3 is 2.32 bits per heavy atom. The Bertz CT molecular complexity index is 970.